The molecule has 6 atom stereocenters. The van der Waals surface area contributed by atoms with E-state index in [-0.39, 0.29) is 34.3 Å². The molecule has 9 aromatic heterocycles. The van der Waals surface area contributed by atoms with Crippen molar-refractivity contribution in [1.29, 1.82) is 15.8 Å². The number of carbonyl (C=O) groups excluding carboxylic acids is 3. The Hall–Kier alpha value is -12.1. The van der Waals surface area contributed by atoms with Gasteiger partial charge in [-0.25, -0.2) is 28.5 Å². The number of carbonyl (C=O) groups is 3. The molecule has 9 aromatic rings. The van der Waals surface area contributed by atoms with Crippen molar-refractivity contribution in [3.8, 4) is 106 Å². The fraction of sp³-hybridized carbons (Fsp3) is 0.415. The van der Waals surface area contributed by atoms with Gasteiger partial charge in [0.1, 0.15) is 52.9 Å². The summed E-state index contributed by atoms with van der Waals surface area (Å²) in [6.45, 7) is 15.0. The average molecular weight is 1420 g/mol. The molecular formula is C82H84N18O6. The quantitative estimate of drug-likeness (QED) is 0.0673. The molecule has 0 aromatic carbocycles. The van der Waals surface area contributed by atoms with Gasteiger partial charge in [0.25, 0.3) is 17.7 Å². The zero-order valence-corrected chi connectivity index (χ0v) is 60.3. The molecule has 24 heteroatoms. The minimum absolute atomic E-state index is 0.166. The van der Waals surface area contributed by atoms with Gasteiger partial charge < -0.3 is 44.9 Å². The number of terminal acetylenes is 3. The topological polar surface area (TPSA) is 287 Å². The number of ether oxygens (including phenoxy) is 3. The summed E-state index contributed by atoms with van der Waals surface area (Å²) in [7, 11) is 0. The first-order valence-electron chi connectivity index (χ1n) is 36.7. The molecule has 4 aliphatic heterocycles. The van der Waals surface area contributed by atoms with Crippen molar-refractivity contribution in [2.24, 2.45) is 29.6 Å². The number of anilines is 3. The van der Waals surface area contributed by atoms with Crippen molar-refractivity contribution >= 4 is 51.7 Å². The van der Waals surface area contributed by atoms with E-state index in [2.05, 4.69) is 95.8 Å². The second kappa shape index (κ2) is 29.6. The largest absolute Gasteiger partial charge is 0.492 e. The Bertz CT molecular complexity index is 5070. The zero-order chi connectivity index (χ0) is 74.0. The van der Waals surface area contributed by atoms with Gasteiger partial charge in [-0.2, -0.15) is 31.1 Å². The van der Waals surface area contributed by atoms with E-state index in [0.29, 0.717) is 95.4 Å². The molecule has 16 rings (SSSR count). The molecule has 6 bridgehead atoms. The van der Waals surface area contributed by atoms with Gasteiger partial charge in [-0.1, -0.05) is 13.3 Å². The summed E-state index contributed by atoms with van der Waals surface area (Å²) in [4.78, 5) is 57.8. The summed E-state index contributed by atoms with van der Waals surface area (Å²) in [5.41, 5.74) is 8.29. The van der Waals surface area contributed by atoms with Crippen LogP contribution in [-0.2, 0) is 14.4 Å². The molecule has 3 saturated carbocycles. The maximum Gasteiger partial charge on any atom is 0.296 e. The van der Waals surface area contributed by atoms with Crippen molar-refractivity contribution in [3.63, 3.8) is 0 Å². The number of nitriles is 3. The second-order valence-electron chi connectivity index (χ2n) is 29.0. The third-order valence-electron chi connectivity index (χ3n) is 22.8. The van der Waals surface area contributed by atoms with Gasteiger partial charge >= 0.3 is 0 Å². The Labute approximate surface area is 616 Å². The van der Waals surface area contributed by atoms with E-state index < -0.39 is 0 Å². The first kappa shape index (κ1) is 70.9. The number of pyridine rings is 6. The SMILES string of the molecule is C#CC(=O)NC1(C)CC2CCC(C1)N2c1ccc(-c2cc(OCC)cn3ncc(C#N)c23)cn1.C#CC(=O)NC1(C2CC2)C2CCC1CN(c1ccc(-c3cc(OCC)cn4ncc(C#N)c34)cn1)C2.C#CC(=O)NC1(CCC)C2CCC1CN(c1ccc(-c3cc(OCC)cn4ncc(C#N)c34)cn1)C2. The number of amides is 3. The third-order valence-corrected chi connectivity index (χ3v) is 22.8. The Kier molecular flexibility index (Phi) is 19.8. The standard InChI is InChI=1S/C28H28N6O2.C28H30N6O2.C26H26N6O2/c1-3-26(35)32-28(20-6-7-20)21-8-9-22(28)16-33(15-21)25-10-5-18(13-30-25)24-11-23(36-4-2)17-34-27(24)19(12-29)14-31-34;1-4-11-28(32-26(35)5-2)21-8-9-22(28)17-33(16-21)25-10-7-19(14-30-25)24-12-23(36-6-3)18-34-27(24)20(13-29)15-31-34;1-4-24(33)30-26(3)11-19-7-8-20(12-26)32(19)23-9-6-17(14-28-23)22-10-21(34-5-2)16-31-25(22)18(13-27)15-29-31/h1,5,10-11,13-14,17,20-22H,4,6-9,15-16H2,2H3,(H,32,35);2,7,10,12,14-15,18,21-22H,4,6,8-9,11,16-17H2,1,3H3,(H,32,35);1,6,9-10,14-16,19-20H,5,7-8,11-12H2,2-3H3,(H,30,33). The van der Waals surface area contributed by atoms with Crippen LogP contribution in [0.4, 0.5) is 17.5 Å². The van der Waals surface area contributed by atoms with Crippen LogP contribution in [-0.4, -0.2) is 136 Å². The number of hydrogen-bond acceptors (Lipinski definition) is 18. The van der Waals surface area contributed by atoms with Crippen molar-refractivity contribution in [1.82, 2.24) is 59.7 Å². The molecule has 3 N–H and O–H groups in total. The van der Waals surface area contributed by atoms with Crippen LogP contribution in [0.15, 0.2) is 110 Å². The normalized spacial score (nSPS) is 23.6. The number of aromatic nitrogens is 9. The molecular weight excluding hydrogens is 1330 g/mol. The summed E-state index contributed by atoms with van der Waals surface area (Å²) in [5, 5.41) is 51.3. The number of nitrogens with zero attached hydrogens (tertiary/aromatic N) is 15. The molecule has 3 aliphatic carbocycles. The van der Waals surface area contributed by atoms with Crippen molar-refractivity contribution in [3.05, 3.63) is 127 Å². The Morgan fingerprint density at radius 1 is 0.491 bits per heavy atom. The van der Waals surface area contributed by atoms with Crippen LogP contribution in [0, 0.1) is 101 Å². The van der Waals surface area contributed by atoms with Crippen LogP contribution in [0.3, 0.4) is 0 Å². The molecule has 7 aliphatic rings. The number of rotatable bonds is 18. The summed E-state index contributed by atoms with van der Waals surface area (Å²) in [6, 6.07) is 25.3. The lowest BCUT2D eigenvalue weighted by molar-refractivity contribution is -0.120. The number of piperidine rings is 3. The molecule has 4 saturated heterocycles. The Morgan fingerprint density at radius 2 is 0.858 bits per heavy atom. The van der Waals surface area contributed by atoms with E-state index in [1.54, 1.807) is 50.7 Å². The van der Waals surface area contributed by atoms with Crippen LogP contribution >= 0.6 is 0 Å². The average Bonchev–Trinajstić information content (AvgIpc) is 1.56. The molecule has 13 heterocycles. The van der Waals surface area contributed by atoms with Gasteiger partial charge in [-0.15, -0.1) is 19.3 Å². The van der Waals surface area contributed by atoms with Gasteiger partial charge in [-0.3, -0.25) is 14.4 Å². The van der Waals surface area contributed by atoms with E-state index in [1.165, 1.54) is 12.8 Å². The van der Waals surface area contributed by atoms with Crippen molar-refractivity contribution < 1.29 is 28.6 Å². The lowest BCUT2D eigenvalue weighted by atomic mass is 9.73. The van der Waals surface area contributed by atoms with Crippen LogP contribution in [0.25, 0.3) is 49.9 Å². The number of nitrogens with one attached hydrogen (secondary N) is 3. The molecule has 538 valence electrons. The maximum atomic E-state index is 12.2. The highest BCUT2D eigenvalue weighted by atomic mass is 16.5. The monoisotopic (exact) mass is 1420 g/mol. The summed E-state index contributed by atoms with van der Waals surface area (Å²) < 4.78 is 22.2. The minimum Gasteiger partial charge on any atom is -0.492 e. The fourth-order valence-corrected chi connectivity index (χ4v) is 18.5. The molecule has 7 fully saturated rings. The Morgan fingerprint density at radius 3 is 1.22 bits per heavy atom. The summed E-state index contributed by atoms with van der Waals surface area (Å²) in [5.74, 6) is 12.5. The molecule has 0 spiro atoms. The van der Waals surface area contributed by atoms with Crippen LogP contribution < -0.4 is 44.9 Å². The van der Waals surface area contributed by atoms with E-state index in [1.807, 2.05) is 94.0 Å². The van der Waals surface area contributed by atoms with Gasteiger partial charge in [0, 0.05) is 113 Å². The predicted molar refractivity (Wildman–Crippen MR) is 401 cm³/mol. The van der Waals surface area contributed by atoms with E-state index >= 15 is 0 Å². The van der Waals surface area contributed by atoms with Crippen molar-refractivity contribution in [2.45, 2.75) is 140 Å². The maximum absolute atomic E-state index is 12.2. The molecule has 24 nitrogen and oxygen atoms in total. The molecule has 3 amide bonds. The lowest BCUT2D eigenvalue weighted by Gasteiger charge is -2.49. The fourth-order valence-electron chi connectivity index (χ4n) is 18.5. The highest BCUT2D eigenvalue weighted by Gasteiger charge is 2.61. The highest BCUT2D eigenvalue weighted by Crippen LogP contribution is 2.57. The van der Waals surface area contributed by atoms with E-state index in [9.17, 15) is 30.2 Å². The third kappa shape index (κ3) is 13.3. The van der Waals surface area contributed by atoms with Crippen LogP contribution in [0.2, 0.25) is 0 Å². The van der Waals surface area contributed by atoms with Gasteiger partial charge in [0.15, 0.2) is 0 Å². The summed E-state index contributed by atoms with van der Waals surface area (Å²) >= 11 is 0. The van der Waals surface area contributed by atoms with Gasteiger partial charge in [0.05, 0.1) is 95.8 Å². The molecule has 6 unspecified atom stereocenters. The second-order valence-corrected chi connectivity index (χ2v) is 29.0. The number of hydrogen-bond donors (Lipinski definition) is 3. The van der Waals surface area contributed by atoms with Crippen LogP contribution in [0.5, 0.6) is 17.2 Å². The minimum atomic E-state index is -0.352. The Balaban J connectivity index is 0.000000134. The van der Waals surface area contributed by atoms with E-state index in [0.717, 1.165) is 158 Å². The first-order valence-corrected chi connectivity index (χ1v) is 36.7. The smallest absolute Gasteiger partial charge is 0.296 e. The first-order chi connectivity index (χ1) is 51.5. The number of fused-ring (bicyclic) bond motifs is 9. The van der Waals surface area contributed by atoms with E-state index in [4.69, 9.17) is 48.4 Å². The molecule has 0 radical (unpaired) electrons. The molecule has 106 heavy (non-hydrogen) atoms. The highest BCUT2D eigenvalue weighted by molar-refractivity contribution is 5.95. The summed E-state index contributed by atoms with van der Waals surface area (Å²) in [6.07, 6.45) is 44.1. The predicted octanol–water partition coefficient (Wildman–Crippen LogP) is 10.5. The lowest BCUT2D eigenvalue weighted by Crippen LogP contribution is -2.64. The van der Waals surface area contributed by atoms with Crippen LogP contribution in [0.1, 0.15) is 128 Å². The van der Waals surface area contributed by atoms with Gasteiger partial charge in [0.2, 0.25) is 0 Å². The zero-order valence-electron chi connectivity index (χ0n) is 60.3. The van der Waals surface area contributed by atoms with Gasteiger partial charge in [-0.05, 0) is 188 Å². The van der Waals surface area contributed by atoms with Crippen molar-refractivity contribution in [2.75, 3.05) is 60.7 Å².